The number of hydrogen-bond donors (Lipinski definition) is 1. The first-order valence-corrected chi connectivity index (χ1v) is 11.7. The topological polar surface area (TPSA) is 91.7 Å². The fourth-order valence-electron chi connectivity index (χ4n) is 3.54. The Bertz CT molecular complexity index is 1440. The fraction of sp³-hybridized carbons (Fsp3) is 0.192. The molecule has 4 rings (SSSR count). The van der Waals surface area contributed by atoms with Crippen LogP contribution >= 0.6 is 11.8 Å². The Kier molecular flexibility index (Phi) is 7.26. The molecule has 1 atom stereocenters. The summed E-state index contributed by atoms with van der Waals surface area (Å²) in [6.07, 6.45) is 0. The molecule has 4 aromatic rings. The number of hydrogen-bond acceptors (Lipinski definition) is 7. The van der Waals surface area contributed by atoms with Crippen molar-refractivity contribution in [1.29, 1.82) is 0 Å². The molecule has 1 aromatic heterocycles. The highest BCUT2D eigenvalue weighted by molar-refractivity contribution is 8.00. The summed E-state index contributed by atoms with van der Waals surface area (Å²) >= 11 is 1.19. The first-order valence-electron chi connectivity index (χ1n) is 10.8. The predicted octanol–water partition coefficient (Wildman–Crippen LogP) is 4.53. The Hall–Kier alpha value is -3.98. The molecule has 0 spiro atoms. The number of carbonyl (C=O) groups excluding carboxylic acids is 1. The number of ether oxygens (including phenoxy) is 3. The van der Waals surface area contributed by atoms with Crippen LogP contribution in [0.4, 0.5) is 5.69 Å². The molecular weight excluding hydrogens is 466 g/mol. The van der Waals surface area contributed by atoms with E-state index in [0.29, 0.717) is 44.7 Å². The van der Waals surface area contributed by atoms with E-state index in [1.54, 1.807) is 81.8 Å². The summed E-state index contributed by atoms with van der Waals surface area (Å²) in [5.74, 6) is 1.43. The van der Waals surface area contributed by atoms with Crippen molar-refractivity contribution in [2.45, 2.75) is 17.3 Å². The minimum atomic E-state index is -0.555. The van der Waals surface area contributed by atoms with E-state index in [1.807, 2.05) is 6.07 Å². The number of fused-ring (bicyclic) bond motifs is 1. The first kappa shape index (κ1) is 24.2. The smallest absolute Gasteiger partial charge is 0.266 e. The highest BCUT2D eigenvalue weighted by atomic mass is 32.2. The Balaban J connectivity index is 1.73. The van der Waals surface area contributed by atoms with Gasteiger partial charge in [-0.25, -0.2) is 4.98 Å². The fourth-order valence-corrected chi connectivity index (χ4v) is 4.47. The average molecular weight is 492 g/mol. The van der Waals surface area contributed by atoms with Crippen molar-refractivity contribution in [3.8, 4) is 22.9 Å². The number of nitrogens with zero attached hydrogens (tertiary/aromatic N) is 2. The first-order chi connectivity index (χ1) is 16.9. The number of methoxy groups -OCH3 is 3. The van der Waals surface area contributed by atoms with Gasteiger partial charge in [0.15, 0.2) is 16.7 Å². The van der Waals surface area contributed by atoms with Gasteiger partial charge in [-0.15, -0.1) is 0 Å². The normalized spacial score (nSPS) is 11.7. The third kappa shape index (κ3) is 5.09. The monoisotopic (exact) mass is 491 g/mol. The number of benzene rings is 3. The predicted molar refractivity (Wildman–Crippen MR) is 137 cm³/mol. The maximum atomic E-state index is 13.5. The minimum absolute atomic E-state index is 0.232. The number of amides is 1. The Morgan fingerprint density at radius 3 is 2.46 bits per heavy atom. The largest absolute Gasteiger partial charge is 0.497 e. The molecule has 180 valence electrons. The van der Waals surface area contributed by atoms with Gasteiger partial charge < -0.3 is 19.5 Å². The summed E-state index contributed by atoms with van der Waals surface area (Å²) < 4.78 is 17.5. The van der Waals surface area contributed by atoms with E-state index >= 15 is 0 Å². The van der Waals surface area contributed by atoms with E-state index in [1.165, 1.54) is 23.4 Å². The summed E-state index contributed by atoms with van der Waals surface area (Å²) in [5, 5.41) is 3.19. The van der Waals surface area contributed by atoms with Crippen LogP contribution in [0.15, 0.2) is 76.7 Å². The summed E-state index contributed by atoms with van der Waals surface area (Å²) in [6.45, 7) is 1.76. The summed E-state index contributed by atoms with van der Waals surface area (Å²) in [7, 11) is 4.65. The second-order valence-corrected chi connectivity index (χ2v) is 8.88. The van der Waals surface area contributed by atoms with Crippen LogP contribution in [-0.4, -0.2) is 42.0 Å². The summed E-state index contributed by atoms with van der Waals surface area (Å²) in [5.41, 5.74) is 1.47. The molecule has 35 heavy (non-hydrogen) atoms. The van der Waals surface area contributed by atoms with E-state index in [0.717, 1.165) is 0 Å². The Labute approximate surface area is 206 Å². The zero-order chi connectivity index (χ0) is 24.9. The molecule has 0 bridgehead atoms. The minimum Gasteiger partial charge on any atom is -0.497 e. The number of thioether (sulfide) groups is 1. The van der Waals surface area contributed by atoms with Gasteiger partial charge in [0.05, 0.1) is 43.2 Å². The van der Waals surface area contributed by atoms with Crippen molar-refractivity contribution >= 4 is 34.3 Å². The highest BCUT2D eigenvalue weighted by Gasteiger charge is 2.21. The van der Waals surface area contributed by atoms with Crippen LogP contribution in [0.25, 0.3) is 16.6 Å². The van der Waals surface area contributed by atoms with E-state index in [9.17, 15) is 9.59 Å². The van der Waals surface area contributed by atoms with Crippen LogP contribution in [0.5, 0.6) is 17.2 Å². The maximum absolute atomic E-state index is 13.5. The van der Waals surface area contributed by atoms with Gasteiger partial charge in [0, 0.05) is 17.8 Å². The molecule has 8 nitrogen and oxygen atoms in total. The van der Waals surface area contributed by atoms with Crippen LogP contribution in [-0.2, 0) is 4.79 Å². The molecule has 1 amide bonds. The molecule has 0 saturated heterocycles. The third-order valence-corrected chi connectivity index (χ3v) is 6.41. The zero-order valence-electron chi connectivity index (χ0n) is 19.8. The number of carbonyl (C=O) groups is 1. The number of aromatic nitrogens is 2. The average Bonchev–Trinajstić information content (AvgIpc) is 2.88. The van der Waals surface area contributed by atoms with Crippen molar-refractivity contribution in [2.75, 3.05) is 26.6 Å². The van der Waals surface area contributed by atoms with Gasteiger partial charge >= 0.3 is 0 Å². The molecule has 9 heteroatoms. The summed E-state index contributed by atoms with van der Waals surface area (Å²) in [4.78, 5) is 31.2. The lowest BCUT2D eigenvalue weighted by atomic mass is 10.2. The van der Waals surface area contributed by atoms with Crippen molar-refractivity contribution in [2.24, 2.45) is 0 Å². The van der Waals surface area contributed by atoms with Crippen molar-refractivity contribution in [3.63, 3.8) is 0 Å². The van der Waals surface area contributed by atoms with Gasteiger partial charge in [0.1, 0.15) is 5.75 Å². The molecule has 3 aromatic carbocycles. The second kappa shape index (κ2) is 10.5. The molecule has 0 aliphatic heterocycles. The van der Waals surface area contributed by atoms with Crippen LogP contribution in [0.3, 0.4) is 0 Å². The molecule has 0 saturated carbocycles. The number of nitrogens with one attached hydrogen (secondary N) is 1. The van der Waals surface area contributed by atoms with Gasteiger partial charge in [0.2, 0.25) is 5.91 Å². The maximum Gasteiger partial charge on any atom is 0.266 e. The standard InChI is InChI=1S/C26H25N3O5S/c1-16(24(30)27-17-8-7-9-19(14-17)32-2)35-26-28-21-11-6-5-10-20(21)25(31)29(26)18-12-13-22(33-3)23(15-18)34-4/h5-16H,1-4H3,(H,27,30). The van der Waals surface area contributed by atoms with Crippen molar-refractivity contribution in [1.82, 2.24) is 9.55 Å². The third-order valence-electron chi connectivity index (χ3n) is 5.36. The molecule has 0 aliphatic rings. The van der Waals surface area contributed by atoms with E-state index in [2.05, 4.69) is 5.32 Å². The van der Waals surface area contributed by atoms with E-state index in [-0.39, 0.29) is 11.5 Å². The Morgan fingerprint density at radius 1 is 0.943 bits per heavy atom. The lowest BCUT2D eigenvalue weighted by Crippen LogP contribution is -2.26. The van der Waals surface area contributed by atoms with Crippen LogP contribution in [0.1, 0.15) is 6.92 Å². The van der Waals surface area contributed by atoms with E-state index < -0.39 is 5.25 Å². The zero-order valence-corrected chi connectivity index (χ0v) is 20.6. The van der Waals surface area contributed by atoms with Gasteiger partial charge in [-0.05, 0) is 43.3 Å². The molecule has 1 heterocycles. The number of rotatable bonds is 8. The van der Waals surface area contributed by atoms with Gasteiger partial charge in [-0.2, -0.15) is 0 Å². The summed E-state index contributed by atoms with van der Waals surface area (Å²) in [6, 6.07) is 19.4. The molecule has 1 unspecified atom stereocenters. The van der Waals surface area contributed by atoms with Crippen LogP contribution in [0, 0.1) is 0 Å². The molecule has 0 fully saturated rings. The molecule has 0 radical (unpaired) electrons. The molecular formula is C26H25N3O5S. The van der Waals surface area contributed by atoms with Crippen molar-refractivity contribution in [3.05, 3.63) is 77.1 Å². The SMILES string of the molecule is COc1cccc(NC(=O)C(C)Sc2nc3ccccc3c(=O)n2-c2ccc(OC)c(OC)c2)c1. The van der Waals surface area contributed by atoms with Gasteiger partial charge in [-0.3, -0.25) is 14.2 Å². The van der Waals surface area contributed by atoms with Crippen LogP contribution < -0.4 is 25.1 Å². The van der Waals surface area contributed by atoms with E-state index in [4.69, 9.17) is 19.2 Å². The lowest BCUT2D eigenvalue weighted by molar-refractivity contribution is -0.115. The highest BCUT2D eigenvalue weighted by Crippen LogP contribution is 2.32. The lowest BCUT2D eigenvalue weighted by Gasteiger charge is -2.17. The van der Waals surface area contributed by atoms with Gasteiger partial charge in [-0.1, -0.05) is 30.0 Å². The Morgan fingerprint density at radius 2 is 1.71 bits per heavy atom. The quantitative estimate of drug-likeness (QED) is 0.286. The number of para-hydroxylation sites is 1. The molecule has 0 aliphatic carbocycles. The number of anilines is 1. The van der Waals surface area contributed by atoms with Gasteiger partial charge in [0.25, 0.3) is 5.56 Å². The molecule has 1 N–H and O–H groups in total. The van der Waals surface area contributed by atoms with Crippen molar-refractivity contribution < 1.29 is 19.0 Å². The van der Waals surface area contributed by atoms with Crippen LogP contribution in [0.2, 0.25) is 0 Å². The second-order valence-electron chi connectivity index (χ2n) is 7.57.